The molecule has 29 heavy (non-hydrogen) atoms. The lowest BCUT2D eigenvalue weighted by Crippen LogP contribution is -2.63. The fraction of sp³-hybridized carbons (Fsp3) is 0.650. The second-order valence-electron chi connectivity index (χ2n) is 8.14. The molecule has 2 fully saturated rings. The number of carbonyl (C=O) groups is 1. The van der Waals surface area contributed by atoms with Gasteiger partial charge in [-0.3, -0.25) is 19.6 Å². The van der Waals surface area contributed by atoms with Crippen molar-refractivity contribution < 1.29 is 4.79 Å². The van der Waals surface area contributed by atoms with Crippen LogP contribution in [0.3, 0.4) is 0 Å². The standard InChI is InChI=1S/C20H30N8O/c1-3-9-28-18(23-15-24-28)13-27-10-4-6-20(14-27)17(5-11-26(20)2)25-19(29)16-12-21-7-8-22-16/h7-8,12,15,17H,3-6,9-11,13-14H2,1-2H3,(H,25,29). The molecule has 2 atom stereocenters. The number of carbonyl (C=O) groups excluding carboxylic acids is 1. The van der Waals surface area contributed by atoms with E-state index in [0.717, 1.165) is 64.2 Å². The molecule has 0 aromatic carbocycles. The van der Waals surface area contributed by atoms with Gasteiger partial charge in [-0.25, -0.2) is 14.6 Å². The molecule has 0 radical (unpaired) electrons. The predicted molar refractivity (Wildman–Crippen MR) is 108 cm³/mol. The first-order chi connectivity index (χ1) is 14.1. The molecule has 2 unspecified atom stereocenters. The van der Waals surface area contributed by atoms with E-state index in [0.29, 0.717) is 5.69 Å². The summed E-state index contributed by atoms with van der Waals surface area (Å²) in [6.07, 6.45) is 10.5. The first kappa shape index (κ1) is 19.9. The molecule has 1 N–H and O–H groups in total. The maximum Gasteiger partial charge on any atom is 0.271 e. The Labute approximate surface area is 171 Å². The van der Waals surface area contributed by atoms with Gasteiger partial charge in [-0.15, -0.1) is 0 Å². The van der Waals surface area contributed by atoms with Crippen LogP contribution in [0.5, 0.6) is 0 Å². The first-order valence-electron chi connectivity index (χ1n) is 10.5. The van der Waals surface area contributed by atoms with E-state index in [1.165, 1.54) is 6.20 Å². The van der Waals surface area contributed by atoms with Crippen LogP contribution >= 0.6 is 0 Å². The van der Waals surface area contributed by atoms with Gasteiger partial charge in [-0.05, 0) is 39.3 Å². The number of aryl methyl sites for hydroxylation is 1. The van der Waals surface area contributed by atoms with Gasteiger partial charge in [0.15, 0.2) is 0 Å². The Morgan fingerprint density at radius 3 is 3.00 bits per heavy atom. The zero-order valence-corrected chi connectivity index (χ0v) is 17.3. The maximum absolute atomic E-state index is 12.7. The van der Waals surface area contributed by atoms with E-state index in [1.807, 2.05) is 4.68 Å². The smallest absolute Gasteiger partial charge is 0.271 e. The Kier molecular flexibility index (Phi) is 5.86. The van der Waals surface area contributed by atoms with Crippen LogP contribution in [0.15, 0.2) is 24.9 Å². The average Bonchev–Trinajstić information content (AvgIpc) is 3.29. The van der Waals surface area contributed by atoms with E-state index < -0.39 is 0 Å². The Balaban J connectivity index is 1.48. The molecular weight excluding hydrogens is 368 g/mol. The zero-order valence-electron chi connectivity index (χ0n) is 17.3. The fourth-order valence-electron chi connectivity index (χ4n) is 4.83. The Morgan fingerprint density at radius 1 is 1.31 bits per heavy atom. The van der Waals surface area contributed by atoms with Gasteiger partial charge in [0.05, 0.1) is 24.3 Å². The SMILES string of the molecule is CCCn1ncnc1CN1CCCC2(C1)C(NC(=O)c1cnccn1)CCN2C. The zero-order chi connectivity index (χ0) is 20.3. The maximum atomic E-state index is 12.7. The lowest BCUT2D eigenvalue weighted by Gasteiger charge is -2.47. The van der Waals surface area contributed by atoms with E-state index in [9.17, 15) is 4.79 Å². The Hall–Kier alpha value is -2.39. The minimum Gasteiger partial charge on any atom is -0.346 e. The number of nitrogens with one attached hydrogen (secondary N) is 1. The Morgan fingerprint density at radius 2 is 2.21 bits per heavy atom. The molecule has 1 amide bonds. The van der Waals surface area contributed by atoms with Crippen molar-refractivity contribution in [2.24, 2.45) is 0 Å². The average molecular weight is 399 g/mol. The largest absolute Gasteiger partial charge is 0.346 e. The minimum absolute atomic E-state index is 0.0638. The highest BCUT2D eigenvalue weighted by Crippen LogP contribution is 2.37. The molecule has 0 aliphatic carbocycles. The second kappa shape index (κ2) is 8.54. The number of nitrogens with zero attached hydrogens (tertiary/aromatic N) is 7. The van der Waals surface area contributed by atoms with E-state index in [4.69, 9.17) is 0 Å². The van der Waals surface area contributed by atoms with Crippen molar-refractivity contribution in [3.8, 4) is 0 Å². The van der Waals surface area contributed by atoms with Gasteiger partial charge in [0.2, 0.25) is 0 Å². The molecule has 1 spiro atoms. The summed E-state index contributed by atoms with van der Waals surface area (Å²) < 4.78 is 2.01. The lowest BCUT2D eigenvalue weighted by molar-refractivity contribution is 0.0337. The van der Waals surface area contributed by atoms with Crippen molar-refractivity contribution in [1.82, 2.24) is 39.8 Å². The van der Waals surface area contributed by atoms with Crippen LogP contribution in [0.25, 0.3) is 0 Å². The molecule has 0 bridgehead atoms. The molecule has 0 saturated carbocycles. The van der Waals surface area contributed by atoms with Crippen LogP contribution in [-0.4, -0.2) is 78.7 Å². The molecule has 2 saturated heterocycles. The van der Waals surface area contributed by atoms with Crippen LogP contribution in [0, 0.1) is 0 Å². The fourth-order valence-corrected chi connectivity index (χ4v) is 4.83. The summed E-state index contributed by atoms with van der Waals surface area (Å²) in [6.45, 7) is 6.77. The van der Waals surface area contributed by atoms with Crippen molar-refractivity contribution in [2.75, 3.05) is 26.7 Å². The van der Waals surface area contributed by atoms with Gasteiger partial charge in [-0.1, -0.05) is 6.92 Å². The van der Waals surface area contributed by atoms with Gasteiger partial charge >= 0.3 is 0 Å². The Bertz CT molecular complexity index is 825. The van der Waals surface area contributed by atoms with Crippen molar-refractivity contribution in [3.05, 3.63) is 36.4 Å². The highest BCUT2D eigenvalue weighted by molar-refractivity contribution is 5.92. The lowest BCUT2D eigenvalue weighted by atomic mass is 9.82. The third-order valence-electron chi connectivity index (χ3n) is 6.34. The monoisotopic (exact) mass is 398 g/mol. The van der Waals surface area contributed by atoms with Crippen LogP contribution in [-0.2, 0) is 13.1 Å². The summed E-state index contributed by atoms with van der Waals surface area (Å²) in [6, 6.07) is 0.0957. The van der Waals surface area contributed by atoms with Crippen LogP contribution in [0.4, 0.5) is 0 Å². The highest BCUT2D eigenvalue weighted by Gasteiger charge is 2.49. The number of piperidine rings is 1. The van der Waals surface area contributed by atoms with Gasteiger partial charge in [0, 0.05) is 32.0 Å². The van der Waals surface area contributed by atoms with Gasteiger partial charge in [-0.2, -0.15) is 5.10 Å². The summed E-state index contributed by atoms with van der Waals surface area (Å²) in [5, 5.41) is 7.62. The van der Waals surface area contributed by atoms with E-state index in [1.54, 1.807) is 18.7 Å². The summed E-state index contributed by atoms with van der Waals surface area (Å²) in [5.74, 6) is 0.877. The highest BCUT2D eigenvalue weighted by atomic mass is 16.2. The summed E-state index contributed by atoms with van der Waals surface area (Å²) in [4.78, 5) is 30.3. The van der Waals surface area contributed by atoms with Gasteiger partial charge in [0.25, 0.3) is 5.91 Å². The molecule has 4 heterocycles. The third kappa shape index (κ3) is 4.02. The first-order valence-corrected chi connectivity index (χ1v) is 10.5. The topological polar surface area (TPSA) is 92.1 Å². The normalized spacial score (nSPS) is 25.5. The number of hydrogen-bond acceptors (Lipinski definition) is 7. The van der Waals surface area contributed by atoms with E-state index in [-0.39, 0.29) is 17.5 Å². The van der Waals surface area contributed by atoms with Crippen LogP contribution in [0.1, 0.15) is 48.9 Å². The number of amides is 1. The third-order valence-corrected chi connectivity index (χ3v) is 6.34. The van der Waals surface area contributed by atoms with Crippen LogP contribution in [0.2, 0.25) is 0 Å². The molecule has 9 nitrogen and oxygen atoms in total. The molecule has 2 aliphatic heterocycles. The number of hydrogen-bond donors (Lipinski definition) is 1. The molecule has 2 aliphatic rings. The van der Waals surface area contributed by atoms with Gasteiger partial charge in [0.1, 0.15) is 17.8 Å². The van der Waals surface area contributed by atoms with Crippen molar-refractivity contribution in [3.63, 3.8) is 0 Å². The molecule has 156 valence electrons. The van der Waals surface area contributed by atoms with Crippen molar-refractivity contribution in [2.45, 2.75) is 57.3 Å². The second-order valence-corrected chi connectivity index (χ2v) is 8.14. The van der Waals surface area contributed by atoms with E-state index >= 15 is 0 Å². The number of likely N-dealkylation sites (tertiary alicyclic amines) is 2. The molecular formula is C20H30N8O. The number of aromatic nitrogens is 5. The molecule has 2 aromatic rings. The van der Waals surface area contributed by atoms with Crippen molar-refractivity contribution in [1.29, 1.82) is 0 Å². The van der Waals surface area contributed by atoms with E-state index in [2.05, 4.69) is 49.1 Å². The number of likely N-dealkylation sites (N-methyl/N-ethyl adjacent to an activating group) is 1. The predicted octanol–water partition coefficient (Wildman–Crippen LogP) is 0.947. The van der Waals surface area contributed by atoms with Crippen molar-refractivity contribution >= 4 is 5.91 Å². The molecule has 4 rings (SSSR count). The van der Waals surface area contributed by atoms with Gasteiger partial charge < -0.3 is 5.32 Å². The quantitative estimate of drug-likeness (QED) is 0.774. The summed E-state index contributed by atoms with van der Waals surface area (Å²) in [5.41, 5.74) is 0.309. The molecule has 9 heteroatoms. The molecule has 2 aromatic heterocycles. The summed E-state index contributed by atoms with van der Waals surface area (Å²) in [7, 11) is 2.18. The van der Waals surface area contributed by atoms with Crippen LogP contribution < -0.4 is 5.32 Å². The minimum atomic E-state index is -0.141. The summed E-state index contributed by atoms with van der Waals surface area (Å²) >= 11 is 0. The number of rotatable bonds is 6.